The van der Waals surface area contributed by atoms with E-state index in [9.17, 15) is 8.42 Å². The minimum atomic E-state index is -4.27. The molecule has 1 aliphatic rings. The predicted molar refractivity (Wildman–Crippen MR) is 67.2 cm³/mol. The van der Waals surface area contributed by atoms with Gasteiger partial charge in [-0.3, -0.25) is 4.55 Å². The summed E-state index contributed by atoms with van der Waals surface area (Å²) in [5.41, 5.74) is 0. The zero-order valence-electron chi connectivity index (χ0n) is 10.4. The van der Waals surface area contributed by atoms with Crippen LogP contribution >= 0.6 is 0 Å². The molecule has 1 saturated carbocycles. The molecule has 5 heteroatoms. The molecule has 4 nitrogen and oxygen atoms in total. The fourth-order valence-electron chi connectivity index (χ4n) is 2.42. The van der Waals surface area contributed by atoms with Gasteiger partial charge in [-0.15, -0.1) is 0 Å². The molecule has 1 N–H and O–H groups in total. The van der Waals surface area contributed by atoms with Gasteiger partial charge in [0, 0.05) is 0 Å². The topological polar surface area (TPSA) is 63.6 Å². The predicted octanol–water partition coefficient (Wildman–Crippen LogP) is 3.34. The number of hydrogen-bond acceptors (Lipinski definition) is 3. The summed E-state index contributed by atoms with van der Waals surface area (Å²) in [5, 5.41) is 0. The molecular weight excluding hydrogens is 240 g/mol. The third-order valence-electron chi connectivity index (χ3n) is 3.43. The molecule has 0 heterocycles. The minimum Gasteiger partial charge on any atom is -0.264 e. The van der Waals surface area contributed by atoms with Crippen LogP contribution in [0.1, 0.15) is 64.2 Å². The summed E-state index contributed by atoms with van der Waals surface area (Å²) in [4.78, 5) is 0. The molecule has 0 radical (unpaired) electrons. The SMILES string of the molecule is O=S(=O)(O)OCC1CCCCCCCCCC1. The largest absolute Gasteiger partial charge is 0.397 e. The summed E-state index contributed by atoms with van der Waals surface area (Å²) in [6.45, 7) is 0.138. The molecule has 0 spiro atoms. The molecule has 0 aromatic heterocycles. The molecule has 0 unspecified atom stereocenters. The second kappa shape index (κ2) is 8.06. The van der Waals surface area contributed by atoms with Gasteiger partial charge in [0.15, 0.2) is 0 Å². The van der Waals surface area contributed by atoms with Gasteiger partial charge in [-0.1, -0.05) is 51.4 Å². The van der Waals surface area contributed by atoms with Crippen molar-refractivity contribution in [2.45, 2.75) is 64.2 Å². The third kappa shape index (κ3) is 8.57. The molecule has 102 valence electrons. The van der Waals surface area contributed by atoms with Crippen molar-refractivity contribution in [1.29, 1.82) is 0 Å². The van der Waals surface area contributed by atoms with Crippen LogP contribution in [0.3, 0.4) is 0 Å². The first kappa shape index (κ1) is 14.9. The molecule has 1 fully saturated rings. The van der Waals surface area contributed by atoms with E-state index in [4.69, 9.17) is 4.55 Å². The lowest BCUT2D eigenvalue weighted by atomic mass is 9.96. The van der Waals surface area contributed by atoms with Crippen LogP contribution < -0.4 is 0 Å². The van der Waals surface area contributed by atoms with Gasteiger partial charge in [0.2, 0.25) is 0 Å². The quantitative estimate of drug-likeness (QED) is 0.794. The second-order valence-electron chi connectivity index (χ2n) is 4.98. The van der Waals surface area contributed by atoms with Crippen molar-refractivity contribution >= 4 is 10.4 Å². The van der Waals surface area contributed by atoms with Gasteiger partial charge in [0.1, 0.15) is 0 Å². The van der Waals surface area contributed by atoms with Gasteiger partial charge in [0.25, 0.3) is 0 Å². The highest BCUT2D eigenvalue weighted by Gasteiger charge is 2.14. The lowest BCUT2D eigenvalue weighted by molar-refractivity contribution is 0.205. The van der Waals surface area contributed by atoms with Crippen molar-refractivity contribution in [3.8, 4) is 0 Å². The Morgan fingerprint density at radius 3 is 1.71 bits per heavy atom. The van der Waals surface area contributed by atoms with Crippen LogP contribution in [-0.4, -0.2) is 19.6 Å². The summed E-state index contributed by atoms with van der Waals surface area (Å²) in [6.07, 6.45) is 12.0. The Morgan fingerprint density at radius 1 is 0.882 bits per heavy atom. The van der Waals surface area contributed by atoms with Crippen LogP contribution in [0.5, 0.6) is 0 Å². The fourth-order valence-corrected chi connectivity index (χ4v) is 2.78. The van der Waals surface area contributed by atoms with E-state index < -0.39 is 10.4 Å². The van der Waals surface area contributed by atoms with Crippen molar-refractivity contribution in [3.63, 3.8) is 0 Å². The monoisotopic (exact) mass is 264 g/mol. The standard InChI is InChI=1S/C12H24O4S/c13-17(14,15)16-11-12-9-7-5-3-1-2-4-6-8-10-12/h12H,1-11H2,(H,13,14,15). The van der Waals surface area contributed by atoms with Crippen molar-refractivity contribution < 1.29 is 17.2 Å². The van der Waals surface area contributed by atoms with E-state index >= 15 is 0 Å². The normalized spacial score (nSPS) is 21.9. The van der Waals surface area contributed by atoms with Crippen LogP contribution in [0.2, 0.25) is 0 Å². The van der Waals surface area contributed by atoms with E-state index in [1.165, 1.54) is 38.5 Å². The second-order valence-corrected chi connectivity index (χ2v) is 6.08. The molecule has 0 aromatic carbocycles. The average molecular weight is 264 g/mol. The highest BCUT2D eigenvalue weighted by atomic mass is 32.3. The zero-order valence-corrected chi connectivity index (χ0v) is 11.3. The smallest absolute Gasteiger partial charge is 0.264 e. The summed E-state index contributed by atoms with van der Waals surface area (Å²) >= 11 is 0. The summed E-state index contributed by atoms with van der Waals surface area (Å²) in [6, 6.07) is 0. The Morgan fingerprint density at radius 2 is 1.29 bits per heavy atom. The number of rotatable bonds is 3. The molecule has 0 amide bonds. The van der Waals surface area contributed by atoms with Crippen LogP contribution in [0, 0.1) is 5.92 Å². The molecule has 0 bridgehead atoms. The zero-order chi connectivity index (χ0) is 12.6. The van der Waals surface area contributed by atoms with Gasteiger partial charge >= 0.3 is 10.4 Å². The molecule has 0 aromatic rings. The van der Waals surface area contributed by atoms with E-state index in [1.807, 2.05) is 0 Å². The Hall–Kier alpha value is -0.130. The van der Waals surface area contributed by atoms with Crippen molar-refractivity contribution in [3.05, 3.63) is 0 Å². The van der Waals surface area contributed by atoms with E-state index in [0.29, 0.717) is 0 Å². The molecular formula is C12H24O4S. The van der Waals surface area contributed by atoms with Gasteiger partial charge in [0.05, 0.1) is 6.61 Å². The van der Waals surface area contributed by atoms with Crippen LogP contribution in [-0.2, 0) is 14.6 Å². The Labute approximate surface area is 105 Å². The molecule has 0 atom stereocenters. The van der Waals surface area contributed by atoms with E-state index in [2.05, 4.69) is 4.18 Å². The molecule has 17 heavy (non-hydrogen) atoms. The lowest BCUT2D eigenvalue weighted by Gasteiger charge is -2.15. The summed E-state index contributed by atoms with van der Waals surface area (Å²) in [5.74, 6) is 0.273. The molecule has 1 aliphatic carbocycles. The first-order valence-electron chi connectivity index (χ1n) is 6.70. The lowest BCUT2D eigenvalue weighted by Crippen LogP contribution is -2.14. The van der Waals surface area contributed by atoms with Gasteiger partial charge < -0.3 is 0 Å². The fraction of sp³-hybridized carbons (Fsp3) is 1.00. The van der Waals surface area contributed by atoms with Crippen molar-refractivity contribution in [2.24, 2.45) is 5.92 Å². The van der Waals surface area contributed by atoms with Crippen LogP contribution in [0.4, 0.5) is 0 Å². The maximum atomic E-state index is 10.5. The Balaban J connectivity index is 2.32. The van der Waals surface area contributed by atoms with Gasteiger partial charge in [-0.05, 0) is 18.8 Å². The Kier molecular flexibility index (Phi) is 7.08. The summed E-state index contributed by atoms with van der Waals surface area (Å²) < 4.78 is 34.1. The minimum absolute atomic E-state index is 0.138. The average Bonchev–Trinajstić information content (AvgIpc) is 2.30. The van der Waals surface area contributed by atoms with Crippen molar-refractivity contribution in [1.82, 2.24) is 0 Å². The van der Waals surface area contributed by atoms with Crippen LogP contribution in [0.25, 0.3) is 0 Å². The molecule has 0 saturated heterocycles. The van der Waals surface area contributed by atoms with E-state index in [1.54, 1.807) is 0 Å². The first-order chi connectivity index (χ1) is 8.08. The van der Waals surface area contributed by atoms with Crippen molar-refractivity contribution in [2.75, 3.05) is 6.61 Å². The Bertz CT molecular complexity index is 275. The highest BCUT2D eigenvalue weighted by Crippen LogP contribution is 2.21. The molecule has 0 aliphatic heterocycles. The number of hydrogen-bond donors (Lipinski definition) is 1. The van der Waals surface area contributed by atoms with Crippen LogP contribution in [0.15, 0.2) is 0 Å². The van der Waals surface area contributed by atoms with E-state index in [0.717, 1.165) is 25.7 Å². The maximum absolute atomic E-state index is 10.5. The highest BCUT2D eigenvalue weighted by molar-refractivity contribution is 7.80. The molecule has 1 rings (SSSR count). The van der Waals surface area contributed by atoms with Gasteiger partial charge in [-0.25, -0.2) is 4.18 Å². The first-order valence-corrected chi connectivity index (χ1v) is 8.06. The maximum Gasteiger partial charge on any atom is 0.397 e. The van der Waals surface area contributed by atoms with E-state index in [-0.39, 0.29) is 12.5 Å². The third-order valence-corrected chi connectivity index (χ3v) is 3.86. The van der Waals surface area contributed by atoms with Gasteiger partial charge in [-0.2, -0.15) is 8.42 Å². The summed E-state index contributed by atoms with van der Waals surface area (Å²) in [7, 11) is -4.27.